The van der Waals surface area contributed by atoms with Gasteiger partial charge in [0.25, 0.3) is 5.91 Å². The number of nitrogens with zero attached hydrogens (tertiary/aromatic N) is 1. The number of carbonyl (C=O) groups excluding carboxylic acids is 3. The molecule has 0 bridgehead atoms. The molecule has 0 saturated carbocycles. The van der Waals surface area contributed by atoms with E-state index in [1.165, 1.54) is 18.2 Å². The third-order valence-electron chi connectivity index (χ3n) is 2.64. The number of ether oxygens (including phenoxy) is 1. The van der Waals surface area contributed by atoms with Crippen LogP contribution in [0.25, 0.3) is 0 Å². The number of benzene rings is 1. The Morgan fingerprint density at radius 3 is 2.65 bits per heavy atom. The second-order valence-electron chi connectivity index (χ2n) is 3.98. The van der Waals surface area contributed by atoms with E-state index >= 15 is 0 Å². The van der Waals surface area contributed by atoms with Crippen molar-refractivity contribution < 1.29 is 19.1 Å². The lowest BCUT2D eigenvalue weighted by Gasteiger charge is -2.12. The summed E-state index contributed by atoms with van der Waals surface area (Å²) >= 11 is 11.5. The van der Waals surface area contributed by atoms with Crippen molar-refractivity contribution in [2.24, 2.45) is 0 Å². The molecule has 0 atom stereocenters. The molecule has 3 amide bonds. The Hall–Kier alpha value is -1.79. The molecule has 20 heavy (non-hydrogen) atoms. The van der Waals surface area contributed by atoms with E-state index in [9.17, 15) is 14.4 Å². The molecule has 1 aromatic carbocycles. The van der Waals surface area contributed by atoms with Gasteiger partial charge in [-0.05, 0) is 18.2 Å². The number of imide groups is 1. The van der Waals surface area contributed by atoms with Crippen molar-refractivity contribution >= 4 is 41.1 Å². The maximum absolute atomic E-state index is 11.7. The molecule has 0 unspecified atom stereocenters. The first-order valence-electron chi connectivity index (χ1n) is 5.69. The topological polar surface area (TPSA) is 75.7 Å². The van der Waals surface area contributed by atoms with Crippen molar-refractivity contribution in [1.29, 1.82) is 0 Å². The summed E-state index contributed by atoms with van der Waals surface area (Å²) < 4.78 is 4.83. The summed E-state index contributed by atoms with van der Waals surface area (Å²) in [5.41, 5.74) is 0.179. The highest BCUT2D eigenvalue weighted by molar-refractivity contribution is 6.42. The van der Waals surface area contributed by atoms with Crippen LogP contribution in [-0.4, -0.2) is 42.5 Å². The lowest BCUT2D eigenvalue weighted by atomic mass is 10.2. The quantitative estimate of drug-likeness (QED) is 0.861. The Morgan fingerprint density at radius 2 is 2.05 bits per heavy atom. The molecule has 1 aliphatic rings. The largest absolute Gasteiger partial charge is 0.452 e. The van der Waals surface area contributed by atoms with Crippen molar-refractivity contribution in [3.8, 4) is 0 Å². The summed E-state index contributed by atoms with van der Waals surface area (Å²) in [6, 6.07) is 3.75. The molecular formula is C12H10Cl2N2O4. The van der Waals surface area contributed by atoms with Gasteiger partial charge in [0.05, 0.1) is 15.6 Å². The van der Waals surface area contributed by atoms with Crippen LogP contribution in [-0.2, 0) is 9.53 Å². The smallest absolute Gasteiger partial charge is 0.338 e. The van der Waals surface area contributed by atoms with Gasteiger partial charge in [0.2, 0.25) is 0 Å². The normalized spacial score (nSPS) is 14.1. The van der Waals surface area contributed by atoms with Gasteiger partial charge in [-0.2, -0.15) is 0 Å². The zero-order chi connectivity index (χ0) is 14.7. The minimum Gasteiger partial charge on any atom is -0.452 e. The molecule has 2 rings (SSSR count). The highest BCUT2D eigenvalue weighted by Gasteiger charge is 2.26. The molecule has 1 fully saturated rings. The van der Waals surface area contributed by atoms with Gasteiger partial charge in [0, 0.05) is 13.1 Å². The molecule has 8 heteroatoms. The van der Waals surface area contributed by atoms with Crippen LogP contribution in [0.5, 0.6) is 0 Å². The maximum Gasteiger partial charge on any atom is 0.338 e. The Morgan fingerprint density at radius 1 is 1.30 bits per heavy atom. The van der Waals surface area contributed by atoms with Crippen LogP contribution in [0, 0.1) is 0 Å². The van der Waals surface area contributed by atoms with Crippen LogP contribution in [0.2, 0.25) is 10.0 Å². The highest BCUT2D eigenvalue weighted by atomic mass is 35.5. The van der Waals surface area contributed by atoms with Crippen LogP contribution in [0.4, 0.5) is 4.79 Å². The summed E-state index contributed by atoms with van der Waals surface area (Å²) in [5, 5.41) is 3.00. The number of halogens is 2. The number of carbonyl (C=O) groups is 3. The van der Waals surface area contributed by atoms with E-state index in [0.29, 0.717) is 11.6 Å². The van der Waals surface area contributed by atoms with Gasteiger partial charge in [-0.25, -0.2) is 9.59 Å². The average Bonchev–Trinajstić information content (AvgIpc) is 2.85. The first-order valence-corrected chi connectivity index (χ1v) is 6.45. The van der Waals surface area contributed by atoms with E-state index in [4.69, 9.17) is 27.9 Å². The molecule has 0 aromatic heterocycles. The van der Waals surface area contributed by atoms with Crippen LogP contribution >= 0.6 is 23.2 Å². The number of rotatable bonds is 3. The van der Waals surface area contributed by atoms with Gasteiger partial charge in [0.15, 0.2) is 6.61 Å². The fourth-order valence-electron chi connectivity index (χ4n) is 1.62. The van der Waals surface area contributed by atoms with E-state index in [-0.39, 0.29) is 17.1 Å². The third kappa shape index (κ3) is 3.20. The Kier molecular flexibility index (Phi) is 4.46. The zero-order valence-electron chi connectivity index (χ0n) is 10.2. The highest BCUT2D eigenvalue weighted by Crippen LogP contribution is 2.22. The fraction of sp³-hybridized carbons (Fsp3) is 0.250. The predicted octanol–water partition coefficient (Wildman–Crippen LogP) is 1.70. The number of nitrogens with one attached hydrogen (secondary N) is 1. The summed E-state index contributed by atoms with van der Waals surface area (Å²) in [5.74, 6) is -1.29. The molecule has 0 spiro atoms. The second-order valence-corrected chi connectivity index (χ2v) is 4.80. The Labute approximate surface area is 124 Å². The minimum atomic E-state index is -0.712. The van der Waals surface area contributed by atoms with Gasteiger partial charge >= 0.3 is 12.0 Å². The van der Waals surface area contributed by atoms with Gasteiger partial charge in [-0.1, -0.05) is 23.2 Å². The molecule has 1 aromatic rings. The Bertz CT molecular complexity index is 577. The minimum absolute atomic E-state index is 0.179. The summed E-state index contributed by atoms with van der Waals surface area (Å²) in [4.78, 5) is 35.6. The summed E-state index contributed by atoms with van der Waals surface area (Å²) in [6.45, 7) is 0.153. The van der Waals surface area contributed by atoms with Crippen molar-refractivity contribution in [2.75, 3.05) is 19.7 Å². The van der Waals surface area contributed by atoms with Crippen LogP contribution in [0.3, 0.4) is 0 Å². The molecule has 6 nitrogen and oxygen atoms in total. The molecule has 1 heterocycles. The molecular weight excluding hydrogens is 307 g/mol. The standard InChI is InChI=1S/C12H10Cl2N2O4/c13-8-2-1-7(5-9(8)14)11(18)20-6-10(17)16-4-3-15-12(16)19/h1-2,5H,3-4,6H2,(H,15,19). The van der Waals surface area contributed by atoms with Gasteiger partial charge < -0.3 is 10.1 Å². The SMILES string of the molecule is O=C(OCC(=O)N1CCNC1=O)c1ccc(Cl)c(Cl)c1. The van der Waals surface area contributed by atoms with E-state index in [0.717, 1.165) is 4.90 Å². The van der Waals surface area contributed by atoms with Crippen molar-refractivity contribution in [3.63, 3.8) is 0 Å². The van der Waals surface area contributed by atoms with Gasteiger partial charge in [-0.15, -0.1) is 0 Å². The molecule has 1 saturated heterocycles. The van der Waals surface area contributed by atoms with Crippen molar-refractivity contribution in [1.82, 2.24) is 10.2 Å². The van der Waals surface area contributed by atoms with Gasteiger partial charge in [0.1, 0.15) is 0 Å². The second kappa shape index (κ2) is 6.11. The lowest BCUT2D eigenvalue weighted by Crippen LogP contribution is -2.37. The zero-order valence-corrected chi connectivity index (χ0v) is 11.7. The third-order valence-corrected chi connectivity index (χ3v) is 3.38. The van der Waals surface area contributed by atoms with E-state index in [2.05, 4.69) is 5.32 Å². The lowest BCUT2D eigenvalue weighted by molar-refractivity contribution is -0.130. The van der Waals surface area contributed by atoms with Crippen LogP contribution in [0.15, 0.2) is 18.2 Å². The van der Waals surface area contributed by atoms with E-state index in [1.54, 1.807) is 0 Å². The Balaban J connectivity index is 1.93. The van der Waals surface area contributed by atoms with Crippen LogP contribution < -0.4 is 5.32 Å². The molecule has 0 radical (unpaired) electrons. The number of amides is 3. The van der Waals surface area contributed by atoms with Crippen molar-refractivity contribution in [3.05, 3.63) is 33.8 Å². The van der Waals surface area contributed by atoms with E-state index < -0.39 is 24.5 Å². The fourth-order valence-corrected chi connectivity index (χ4v) is 1.92. The van der Waals surface area contributed by atoms with E-state index in [1.807, 2.05) is 0 Å². The van der Waals surface area contributed by atoms with Crippen LogP contribution in [0.1, 0.15) is 10.4 Å². The number of hydrogen-bond donors (Lipinski definition) is 1. The summed E-state index contributed by atoms with van der Waals surface area (Å²) in [6.07, 6.45) is 0. The first kappa shape index (κ1) is 14.6. The first-order chi connectivity index (χ1) is 9.49. The summed E-state index contributed by atoms with van der Waals surface area (Å²) in [7, 11) is 0. The molecule has 1 N–H and O–H groups in total. The number of urea groups is 1. The van der Waals surface area contributed by atoms with Crippen molar-refractivity contribution in [2.45, 2.75) is 0 Å². The number of hydrogen-bond acceptors (Lipinski definition) is 4. The van der Waals surface area contributed by atoms with Gasteiger partial charge in [-0.3, -0.25) is 9.69 Å². The maximum atomic E-state index is 11.7. The number of esters is 1. The monoisotopic (exact) mass is 316 g/mol. The average molecular weight is 317 g/mol. The molecule has 106 valence electrons. The molecule has 1 aliphatic heterocycles. The molecule has 0 aliphatic carbocycles. The predicted molar refractivity (Wildman–Crippen MR) is 71.9 cm³/mol.